The van der Waals surface area contributed by atoms with Crippen molar-refractivity contribution in [1.82, 2.24) is 20.4 Å². The zero-order valence-corrected chi connectivity index (χ0v) is 20.2. The molecular weight excluding hydrogens is 437 g/mol. The molecule has 2 unspecified atom stereocenters. The van der Waals surface area contributed by atoms with Crippen molar-refractivity contribution >= 4 is 29.9 Å². The minimum Gasteiger partial charge on any atom is -0.356 e. The number of halogens is 1. The summed E-state index contributed by atoms with van der Waals surface area (Å²) < 4.78 is 0. The van der Waals surface area contributed by atoms with E-state index in [1.54, 1.807) is 0 Å². The largest absolute Gasteiger partial charge is 0.356 e. The van der Waals surface area contributed by atoms with Gasteiger partial charge in [-0.15, -0.1) is 24.0 Å². The van der Waals surface area contributed by atoms with E-state index >= 15 is 0 Å². The number of nitrogens with zero attached hydrogens (tertiary/aromatic N) is 3. The van der Waals surface area contributed by atoms with Crippen LogP contribution in [0.1, 0.15) is 59.8 Å². The summed E-state index contributed by atoms with van der Waals surface area (Å²) in [6.45, 7) is 17.3. The van der Waals surface area contributed by atoms with E-state index in [-0.39, 0.29) is 24.0 Å². The molecular formula is C20H44IN5. The topological polar surface area (TPSA) is 42.9 Å². The van der Waals surface area contributed by atoms with Crippen LogP contribution in [0.4, 0.5) is 0 Å². The highest BCUT2D eigenvalue weighted by Crippen LogP contribution is 2.10. The number of rotatable bonds is 11. The van der Waals surface area contributed by atoms with Crippen molar-refractivity contribution in [1.29, 1.82) is 0 Å². The van der Waals surface area contributed by atoms with Gasteiger partial charge in [-0.05, 0) is 71.2 Å². The van der Waals surface area contributed by atoms with Crippen molar-refractivity contribution in [3.05, 3.63) is 0 Å². The summed E-state index contributed by atoms with van der Waals surface area (Å²) in [5.74, 6) is 1.59. The van der Waals surface area contributed by atoms with Gasteiger partial charge in [-0.1, -0.05) is 27.2 Å². The quantitative estimate of drug-likeness (QED) is 0.270. The van der Waals surface area contributed by atoms with Gasteiger partial charge in [-0.2, -0.15) is 0 Å². The summed E-state index contributed by atoms with van der Waals surface area (Å²) in [5, 5.41) is 7.06. The van der Waals surface area contributed by atoms with E-state index in [1.165, 1.54) is 58.3 Å². The fraction of sp³-hybridized carbons (Fsp3) is 0.950. The summed E-state index contributed by atoms with van der Waals surface area (Å²) >= 11 is 0. The number of guanidine groups is 1. The second-order valence-corrected chi connectivity index (χ2v) is 7.63. The molecule has 1 saturated heterocycles. The maximum absolute atomic E-state index is 4.39. The van der Waals surface area contributed by atoms with Crippen LogP contribution in [0.5, 0.6) is 0 Å². The van der Waals surface area contributed by atoms with E-state index in [0.29, 0.717) is 12.0 Å². The monoisotopic (exact) mass is 481 g/mol. The Bertz CT molecular complexity index is 354. The number of hydrogen-bond acceptors (Lipinski definition) is 3. The molecule has 0 bridgehead atoms. The first-order chi connectivity index (χ1) is 12.1. The lowest BCUT2D eigenvalue weighted by molar-refractivity contribution is 0.201. The molecule has 0 saturated carbocycles. The van der Waals surface area contributed by atoms with Gasteiger partial charge in [0.2, 0.25) is 0 Å². The third-order valence-electron chi connectivity index (χ3n) is 5.25. The molecule has 0 aromatic rings. The van der Waals surface area contributed by atoms with Crippen molar-refractivity contribution in [2.45, 2.75) is 65.8 Å². The van der Waals surface area contributed by atoms with E-state index in [2.05, 4.69) is 53.1 Å². The molecule has 1 heterocycles. The maximum atomic E-state index is 4.39. The lowest BCUT2D eigenvalue weighted by Gasteiger charge is -2.29. The number of piperidine rings is 1. The van der Waals surface area contributed by atoms with Gasteiger partial charge < -0.3 is 20.4 Å². The van der Waals surface area contributed by atoms with Gasteiger partial charge in [0.15, 0.2) is 5.96 Å². The molecule has 2 N–H and O–H groups in total. The van der Waals surface area contributed by atoms with Gasteiger partial charge in [-0.3, -0.25) is 4.99 Å². The van der Waals surface area contributed by atoms with Crippen LogP contribution >= 0.6 is 24.0 Å². The predicted molar refractivity (Wildman–Crippen MR) is 126 cm³/mol. The van der Waals surface area contributed by atoms with Crippen LogP contribution in [0, 0.1) is 5.92 Å². The minimum absolute atomic E-state index is 0. The first-order valence-corrected chi connectivity index (χ1v) is 10.5. The Morgan fingerprint density at radius 3 is 2.35 bits per heavy atom. The van der Waals surface area contributed by atoms with E-state index < -0.39 is 0 Å². The average Bonchev–Trinajstić information content (AvgIpc) is 2.63. The lowest BCUT2D eigenvalue weighted by atomic mass is 10.1. The highest BCUT2D eigenvalue weighted by Gasteiger charge is 2.14. The smallest absolute Gasteiger partial charge is 0.191 e. The average molecular weight is 482 g/mol. The van der Waals surface area contributed by atoms with E-state index in [0.717, 1.165) is 25.6 Å². The summed E-state index contributed by atoms with van der Waals surface area (Å²) in [7, 11) is 1.87. The summed E-state index contributed by atoms with van der Waals surface area (Å²) in [5.41, 5.74) is 0. The SMILES string of the molecule is CCN(CC)CCCC(C)NC(=NC)NCC(C)CN1CCCCC1.I. The Labute approximate surface area is 179 Å². The first-order valence-electron chi connectivity index (χ1n) is 10.5. The molecule has 0 radical (unpaired) electrons. The molecule has 26 heavy (non-hydrogen) atoms. The predicted octanol–water partition coefficient (Wildman–Crippen LogP) is 3.40. The minimum atomic E-state index is 0. The van der Waals surface area contributed by atoms with E-state index in [4.69, 9.17) is 0 Å². The Balaban J connectivity index is 0.00000625. The van der Waals surface area contributed by atoms with Crippen molar-refractivity contribution in [3.63, 3.8) is 0 Å². The molecule has 0 spiro atoms. The zero-order valence-electron chi connectivity index (χ0n) is 17.9. The molecule has 1 fully saturated rings. The molecule has 2 atom stereocenters. The van der Waals surface area contributed by atoms with Gasteiger partial charge in [-0.25, -0.2) is 0 Å². The van der Waals surface area contributed by atoms with Crippen molar-refractivity contribution in [2.75, 3.05) is 52.9 Å². The fourth-order valence-corrected chi connectivity index (χ4v) is 3.58. The lowest BCUT2D eigenvalue weighted by Crippen LogP contribution is -2.45. The number of likely N-dealkylation sites (tertiary alicyclic amines) is 1. The van der Waals surface area contributed by atoms with Crippen molar-refractivity contribution in [2.24, 2.45) is 10.9 Å². The van der Waals surface area contributed by atoms with Crippen LogP contribution in [-0.2, 0) is 0 Å². The Morgan fingerprint density at radius 1 is 1.12 bits per heavy atom. The molecule has 6 heteroatoms. The number of hydrogen-bond donors (Lipinski definition) is 2. The molecule has 5 nitrogen and oxygen atoms in total. The molecule has 1 rings (SSSR count). The standard InChI is InChI=1S/C20H43N5.HI/c1-6-24(7-2)15-11-12-19(4)23-20(21-5)22-16-18(3)17-25-13-9-8-10-14-25;/h18-19H,6-17H2,1-5H3,(H2,21,22,23);1H. The summed E-state index contributed by atoms with van der Waals surface area (Å²) in [4.78, 5) is 9.49. The van der Waals surface area contributed by atoms with E-state index in [1.807, 2.05) is 7.05 Å². The Morgan fingerprint density at radius 2 is 1.77 bits per heavy atom. The van der Waals surface area contributed by atoms with E-state index in [9.17, 15) is 0 Å². The molecule has 0 aromatic heterocycles. The highest BCUT2D eigenvalue weighted by atomic mass is 127. The first kappa shape index (κ1) is 25.9. The second-order valence-electron chi connectivity index (χ2n) is 7.63. The molecule has 1 aliphatic heterocycles. The van der Waals surface area contributed by atoms with Crippen molar-refractivity contribution in [3.8, 4) is 0 Å². The summed E-state index contributed by atoms with van der Waals surface area (Å²) in [6.07, 6.45) is 6.56. The third kappa shape index (κ3) is 11.6. The molecule has 1 aliphatic rings. The van der Waals surface area contributed by atoms with Gasteiger partial charge in [0.25, 0.3) is 0 Å². The fourth-order valence-electron chi connectivity index (χ4n) is 3.58. The van der Waals surface area contributed by atoms with Gasteiger partial charge in [0.05, 0.1) is 0 Å². The Kier molecular flexibility index (Phi) is 15.9. The van der Waals surface area contributed by atoms with Crippen LogP contribution < -0.4 is 10.6 Å². The van der Waals surface area contributed by atoms with Crippen molar-refractivity contribution < 1.29 is 0 Å². The molecule has 0 aromatic carbocycles. The van der Waals surface area contributed by atoms with Crippen LogP contribution in [0.2, 0.25) is 0 Å². The number of aliphatic imine (C=N–C) groups is 1. The van der Waals surface area contributed by atoms with Gasteiger partial charge in [0, 0.05) is 26.2 Å². The molecule has 0 aliphatic carbocycles. The van der Waals surface area contributed by atoms with Crippen LogP contribution in [0.3, 0.4) is 0 Å². The molecule has 156 valence electrons. The maximum Gasteiger partial charge on any atom is 0.191 e. The normalized spacial score (nSPS) is 18.3. The van der Waals surface area contributed by atoms with Crippen LogP contribution in [-0.4, -0.2) is 74.7 Å². The van der Waals surface area contributed by atoms with Gasteiger partial charge in [0.1, 0.15) is 0 Å². The zero-order chi connectivity index (χ0) is 18.5. The van der Waals surface area contributed by atoms with Gasteiger partial charge >= 0.3 is 0 Å². The number of nitrogens with one attached hydrogen (secondary N) is 2. The summed E-state index contributed by atoms with van der Waals surface area (Å²) in [6, 6.07) is 0.458. The van der Waals surface area contributed by atoms with Crippen LogP contribution in [0.15, 0.2) is 4.99 Å². The highest BCUT2D eigenvalue weighted by molar-refractivity contribution is 14.0. The third-order valence-corrected chi connectivity index (χ3v) is 5.25. The second kappa shape index (κ2) is 15.9. The Hall–Kier alpha value is -0.0800. The van der Waals surface area contributed by atoms with Crippen LogP contribution in [0.25, 0.3) is 0 Å². The molecule has 0 amide bonds.